The normalized spacial score (nSPS) is 11.5. The summed E-state index contributed by atoms with van der Waals surface area (Å²) in [5.74, 6) is -2.92. The lowest BCUT2D eigenvalue weighted by atomic mass is 9.91. The molecule has 0 bridgehead atoms. The number of carbonyl (C=O) groups is 2. The van der Waals surface area contributed by atoms with Crippen LogP contribution in [0.5, 0.6) is 0 Å². The zero-order valence-electron chi connectivity index (χ0n) is 12.7. The maximum atomic E-state index is 12.2. The van der Waals surface area contributed by atoms with Crippen molar-refractivity contribution in [2.75, 3.05) is 0 Å². The van der Waals surface area contributed by atoms with Crippen LogP contribution in [0, 0.1) is 20.2 Å². The number of ketones is 1. The molecule has 2 aromatic carbocycles. The van der Waals surface area contributed by atoms with Gasteiger partial charge < -0.3 is 5.11 Å². The third-order valence-electron chi connectivity index (χ3n) is 3.59. The summed E-state index contributed by atoms with van der Waals surface area (Å²) < 4.78 is 0. The van der Waals surface area contributed by atoms with Gasteiger partial charge in [-0.15, -0.1) is 0 Å². The molecule has 25 heavy (non-hydrogen) atoms. The third-order valence-corrected chi connectivity index (χ3v) is 3.59. The molecule has 0 saturated carbocycles. The molecule has 2 aromatic rings. The van der Waals surface area contributed by atoms with Crippen LogP contribution in [0.2, 0.25) is 0 Å². The van der Waals surface area contributed by atoms with E-state index in [0.717, 1.165) is 12.1 Å². The number of hydrogen-bond acceptors (Lipinski definition) is 6. The van der Waals surface area contributed by atoms with Gasteiger partial charge in [0.25, 0.3) is 11.4 Å². The molecule has 0 aliphatic heterocycles. The number of carboxylic acids is 1. The Morgan fingerprint density at radius 2 is 1.32 bits per heavy atom. The van der Waals surface area contributed by atoms with E-state index in [4.69, 9.17) is 0 Å². The van der Waals surface area contributed by atoms with Gasteiger partial charge in [-0.2, -0.15) is 0 Å². The van der Waals surface area contributed by atoms with Gasteiger partial charge in [0, 0.05) is 36.2 Å². The van der Waals surface area contributed by atoms with E-state index in [1.165, 1.54) is 36.4 Å². The molecule has 0 radical (unpaired) electrons. The van der Waals surface area contributed by atoms with Crippen molar-refractivity contribution in [1.29, 1.82) is 0 Å². The van der Waals surface area contributed by atoms with Crippen molar-refractivity contribution in [3.8, 4) is 0 Å². The fourth-order valence-electron chi connectivity index (χ4n) is 2.25. The van der Waals surface area contributed by atoms with Gasteiger partial charge in [0.05, 0.1) is 15.8 Å². The van der Waals surface area contributed by atoms with Crippen LogP contribution >= 0.6 is 0 Å². The Balaban J connectivity index is 2.20. The first kappa shape index (κ1) is 17.7. The summed E-state index contributed by atoms with van der Waals surface area (Å²) in [6.45, 7) is 0. The number of nitro groups is 2. The molecular weight excluding hydrogens is 332 g/mol. The van der Waals surface area contributed by atoms with Crippen LogP contribution in [0.25, 0.3) is 0 Å². The van der Waals surface area contributed by atoms with Crippen LogP contribution in [0.15, 0.2) is 48.5 Å². The Labute approximate surface area is 140 Å². The number of aliphatic carboxylic acids is 1. The van der Waals surface area contributed by atoms with Gasteiger partial charge >= 0.3 is 5.97 Å². The van der Waals surface area contributed by atoms with Crippen molar-refractivity contribution in [3.05, 3.63) is 79.9 Å². The van der Waals surface area contributed by atoms with E-state index < -0.39 is 27.5 Å². The molecule has 0 aliphatic carbocycles. The largest absolute Gasteiger partial charge is 0.481 e. The molecule has 9 nitrogen and oxygen atoms in total. The van der Waals surface area contributed by atoms with Gasteiger partial charge in [-0.3, -0.25) is 29.8 Å². The zero-order chi connectivity index (χ0) is 18.6. The molecule has 1 N–H and O–H groups in total. The molecule has 1 unspecified atom stereocenters. The fraction of sp³-hybridized carbons (Fsp3) is 0.125. The van der Waals surface area contributed by atoms with Crippen molar-refractivity contribution in [1.82, 2.24) is 0 Å². The second-order valence-electron chi connectivity index (χ2n) is 5.17. The number of benzene rings is 2. The van der Waals surface area contributed by atoms with Gasteiger partial charge in [-0.25, -0.2) is 0 Å². The van der Waals surface area contributed by atoms with Crippen LogP contribution in [-0.4, -0.2) is 26.7 Å². The van der Waals surface area contributed by atoms with Gasteiger partial charge in [0.15, 0.2) is 5.78 Å². The lowest BCUT2D eigenvalue weighted by Gasteiger charge is -2.12. The van der Waals surface area contributed by atoms with Gasteiger partial charge in [-0.05, 0) is 17.7 Å². The molecule has 2 rings (SSSR count). The summed E-state index contributed by atoms with van der Waals surface area (Å²) in [5.41, 5.74) is 0.0448. The Morgan fingerprint density at radius 3 is 1.72 bits per heavy atom. The number of hydrogen-bond donors (Lipinski definition) is 1. The minimum absolute atomic E-state index is 0.152. The van der Waals surface area contributed by atoms with Crippen molar-refractivity contribution >= 4 is 23.1 Å². The molecule has 0 fully saturated rings. The van der Waals surface area contributed by atoms with Crippen LogP contribution in [0.1, 0.15) is 28.3 Å². The minimum Gasteiger partial charge on any atom is -0.481 e. The van der Waals surface area contributed by atoms with Crippen molar-refractivity contribution in [2.45, 2.75) is 12.3 Å². The zero-order valence-corrected chi connectivity index (χ0v) is 12.7. The number of carbonyl (C=O) groups excluding carboxylic acids is 1. The summed E-state index contributed by atoms with van der Waals surface area (Å²) in [7, 11) is 0. The van der Waals surface area contributed by atoms with E-state index in [0.29, 0.717) is 0 Å². The number of rotatable bonds is 7. The van der Waals surface area contributed by atoms with E-state index >= 15 is 0 Å². The summed E-state index contributed by atoms with van der Waals surface area (Å²) in [4.78, 5) is 43.7. The Bertz CT molecular complexity index is 829. The molecule has 0 amide bonds. The average Bonchev–Trinajstić information content (AvgIpc) is 2.59. The highest BCUT2D eigenvalue weighted by Crippen LogP contribution is 2.25. The van der Waals surface area contributed by atoms with E-state index in [-0.39, 0.29) is 28.9 Å². The summed E-state index contributed by atoms with van der Waals surface area (Å²) in [6, 6.07) is 9.76. The van der Waals surface area contributed by atoms with Crippen molar-refractivity contribution in [3.63, 3.8) is 0 Å². The van der Waals surface area contributed by atoms with E-state index in [9.17, 15) is 34.9 Å². The highest BCUT2D eigenvalue weighted by molar-refractivity contribution is 5.99. The SMILES string of the molecule is O=C(CC(C(=O)O)c1ccc([N+](=O)[O-])cc1)c1ccc([N+](=O)[O-])cc1. The first-order valence-corrected chi connectivity index (χ1v) is 7.04. The summed E-state index contributed by atoms with van der Waals surface area (Å²) >= 11 is 0. The molecular formula is C16H12N2O7. The molecule has 0 heterocycles. The van der Waals surface area contributed by atoms with Crippen LogP contribution < -0.4 is 0 Å². The first-order valence-electron chi connectivity index (χ1n) is 7.04. The number of non-ortho nitro benzene ring substituents is 2. The summed E-state index contributed by atoms with van der Waals surface area (Å²) in [6.07, 6.45) is -0.370. The molecule has 0 aromatic heterocycles. The monoisotopic (exact) mass is 344 g/mol. The van der Waals surface area contributed by atoms with Crippen molar-refractivity contribution < 1.29 is 24.5 Å². The number of carboxylic acid groups (broad SMARTS) is 1. The van der Waals surface area contributed by atoms with Gasteiger partial charge in [-0.1, -0.05) is 12.1 Å². The average molecular weight is 344 g/mol. The molecule has 0 aliphatic rings. The van der Waals surface area contributed by atoms with Crippen LogP contribution in [0.4, 0.5) is 11.4 Å². The second-order valence-corrected chi connectivity index (χ2v) is 5.17. The predicted molar refractivity (Wildman–Crippen MR) is 85.5 cm³/mol. The standard InChI is InChI=1S/C16H12N2O7/c19-15(11-3-7-13(8-4-11)18(24)25)9-14(16(20)21)10-1-5-12(6-2-10)17(22)23/h1-8,14H,9H2,(H,20,21). The van der Waals surface area contributed by atoms with E-state index in [1.807, 2.05) is 0 Å². The number of nitrogens with zero attached hydrogens (tertiary/aromatic N) is 2. The van der Waals surface area contributed by atoms with Gasteiger partial charge in [0.1, 0.15) is 0 Å². The third kappa shape index (κ3) is 4.22. The quantitative estimate of drug-likeness (QED) is 0.462. The lowest BCUT2D eigenvalue weighted by Crippen LogP contribution is -2.16. The fourth-order valence-corrected chi connectivity index (χ4v) is 2.25. The molecule has 1 atom stereocenters. The Kier molecular flexibility index (Phi) is 5.18. The maximum absolute atomic E-state index is 12.2. The summed E-state index contributed by atoms with van der Waals surface area (Å²) in [5, 5.41) is 30.6. The number of Topliss-reactive ketones (excluding diaryl/α,β-unsaturated/α-hetero) is 1. The molecule has 0 spiro atoms. The first-order chi connectivity index (χ1) is 11.8. The smallest absolute Gasteiger partial charge is 0.311 e. The topological polar surface area (TPSA) is 141 Å². The molecule has 9 heteroatoms. The predicted octanol–water partition coefficient (Wildman–Crippen LogP) is 2.94. The Hall–Kier alpha value is -3.62. The molecule has 128 valence electrons. The highest BCUT2D eigenvalue weighted by atomic mass is 16.6. The van der Waals surface area contributed by atoms with Crippen LogP contribution in [0.3, 0.4) is 0 Å². The minimum atomic E-state index is -1.25. The lowest BCUT2D eigenvalue weighted by molar-refractivity contribution is -0.385. The van der Waals surface area contributed by atoms with Gasteiger partial charge in [0.2, 0.25) is 0 Å². The maximum Gasteiger partial charge on any atom is 0.311 e. The van der Waals surface area contributed by atoms with Crippen molar-refractivity contribution in [2.24, 2.45) is 0 Å². The van der Waals surface area contributed by atoms with E-state index in [1.54, 1.807) is 0 Å². The van der Waals surface area contributed by atoms with E-state index in [2.05, 4.69) is 0 Å². The molecule has 0 saturated heterocycles. The second kappa shape index (κ2) is 7.30. The number of nitro benzene ring substituents is 2. The van der Waals surface area contributed by atoms with Crippen LogP contribution in [-0.2, 0) is 4.79 Å². The highest BCUT2D eigenvalue weighted by Gasteiger charge is 2.24. The Morgan fingerprint density at radius 1 is 0.880 bits per heavy atom.